The van der Waals surface area contributed by atoms with Crippen molar-refractivity contribution in [1.29, 1.82) is 5.26 Å². The quantitative estimate of drug-likeness (QED) is 0.357. The first-order chi connectivity index (χ1) is 8.96. The van der Waals surface area contributed by atoms with Gasteiger partial charge in [-0.05, 0) is 24.6 Å². The van der Waals surface area contributed by atoms with Crippen molar-refractivity contribution >= 4 is 37.8 Å². The van der Waals surface area contributed by atoms with Crippen LogP contribution in [-0.4, -0.2) is 24.8 Å². The summed E-state index contributed by atoms with van der Waals surface area (Å²) in [7, 11) is -3.52. The molecule has 0 fully saturated rings. The van der Waals surface area contributed by atoms with Crippen LogP contribution in [0.4, 0.5) is 0 Å². The van der Waals surface area contributed by atoms with Crippen LogP contribution in [0.1, 0.15) is 11.1 Å². The number of sulfone groups is 1. The van der Waals surface area contributed by atoms with Crippen LogP contribution in [0.2, 0.25) is 0 Å². The topological polar surface area (TPSA) is 96.6 Å². The zero-order chi connectivity index (χ0) is 14.5. The molecule has 0 aliphatic heterocycles. The molecular weight excluding hydrogens is 358 g/mol. The van der Waals surface area contributed by atoms with Crippen molar-refractivity contribution in [2.75, 3.05) is 11.1 Å². The molecule has 9 heteroatoms. The summed E-state index contributed by atoms with van der Waals surface area (Å²) < 4.78 is 28.4. The first-order valence-corrected chi connectivity index (χ1v) is 8.46. The molecule has 0 radical (unpaired) electrons. The second-order valence-electron chi connectivity index (χ2n) is 3.46. The van der Waals surface area contributed by atoms with E-state index in [1.54, 1.807) is 6.92 Å². The minimum Gasteiger partial charge on any atom is -0.224 e. The summed E-state index contributed by atoms with van der Waals surface area (Å²) in [4.78, 5) is 0.463. The average Bonchev–Trinajstić information content (AvgIpc) is 2.34. The first-order valence-electron chi connectivity index (χ1n) is 4.94. The molecule has 0 saturated carbocycles. The molecule has 0 unspecified atom stereocenters. The molecule has 6 nitrogen and oxygen atoms in total. The van der Waals surface area contributed by atoms with Gasteiger partial charge in [0.25, 0.3) is 0 Å². The SMILES string of the molecule is Cc1cc(SOOO)cc(C#N)c1S(=O)(=O)CCBr. The Kier molecular flexibility index (Phi) is 6.25. The molecule has 0 aliphatic carbocycles. The van der Waals surface area contributed by atoms with Gasteiger partial charge in [0.2, 0.25) is 0 Å². The molecule has 1 rings (SSSR count). The van der Waals surface area contributed by atoms with E-state index in [4.69, 9.17) is 10.5 Å². The fourth-order valence-corrected chi connectivity index (χ4v) is 4.72. The van der Waals surface area contributed by atoms with Crippen LogP contribution in [-0.2, 0) is 19.2 Å². The fraction of sp³-hybridized carbons (Fsp3) is 0.300. The highest BCUT2D eigenvalue weighted by molar-refractivity contribution is 9.09. The van der Waals surface area contributed by atoms with Gasteiger partial charge in [-0.1, -0.05) is 21.0 Å². The molecule has 1 aromatic carbocycles. The molecule has 0 amide bonds. The summed E-state index contributed by atoms with van der Waals surface area (Å²) in [6.45, 7) is 1.59. The highest BCUT2D eigenvalue weighted by Crippen LogP contribution is 2.28. The lowest BCUT2D eigenvalue weighted by molar-refractivity contribution is -0.432. The lowest BCUT2D eigenvalue weighted by Crippen LogP contribution is -2.11. The minimum atomic E-state index is -3.52. The number of alkyl halides is 1. The Labute approximate surface area is 123 Å². The number of rotatable bonds is 6. The number of benzene rings is 1. The highest BCUT2D eigenvalue weighted by Gasteiger charge is 2.22. The van der Waals surface area contributed by atoms with Gasteiger partial charge in [-0.25, -0.2) is 13.7 Å². The number of hydrogen-bond donors (Lipinski definition) is 1. The maximum absolute atomic E-state index is 12.1. The van der Waals surface area contributed by atoms with Crippen LogP contribution in [0, 0.1) is 18.3 Å². The van der Waals surface area contributed by atoms with Gasteiger partial charge in [0, 0.05) is 10.2 Å². The van der Waals surface area contributed by atoms with E-state index in [0.717, 1.165) is 0 Å². The summed E-state index contributed by atoms with van der Waals surface area (Å²) >= 11 is 3.74. The molecule has 1 N–H and O–H groups in total. The average molecular weight is 368 g/mol. The van der Waals surface area contributed by atoms with E-state index in [1.807, 2.05) is 6.07 Å². The van der Waals surface area contributed by atoms with Gasteiger partial charge in [-0.2, -0.15) is 5.26 Å². The van der Waals surface area contributed by atoms with Crippen molar-refractivity contribution < 1.29 is 23.0 Å². The van der Waals surface area contributed by atoms with E-state index in [-0.39, 0.29) is 21.5 Å². The Balaban J connectivity index is 3.31. The van der Waals surface area contributed by atoms with Crippen molar-refractivity contribution in [1.82, 2.24) is 0 Å². The molecule has 104 valence electrons. The number of hydrogen-bond acceptors (Lipinski definition) is 7. The number of halogens is 1. The summed E-state index contributed by atoms with van der Waals surface area (Å²) in [5.74, 6) is -0.0920. The monoisotopic (exact) mass is 367 g/mol. The number of nitrogens with zero attached hydrogens (tertiary/aromatic N) is 1. The van der Waals surface area contributed by atoms with E-state index in [2.05, 4.69) is 25.3 Å². The fourth-order valence-electron chi connectivity index (χ4n) is 1.54. The first kappa shape index (κ1) is 16.4. The summed E-state index contributed by atoms with van der Waals surface area (Å²) in [6, 6.07) is 4.74. The lowest BCUT2D eigenvalue weighted by atomic mass is 10.1. The third-order valence-corrected chi connectivity index (χ3v) is 5.57. The lowest BCUT2D eigenvalue weighted by Gasteiger charge is -2.10. The second kappa shape index (κ2) is 7.23. The van der Waals surface area contributed by atoms with Crippen LogP contribution in [0.3, 0.4) is 0 Å². The molecule has 0 heterocycles. The molecule has 19 heavy (non-hydrogen) atoms. The molecule has 0 aromatic heterocycles. The van der Waals surface area contributed by atoms with Crippen LogP contribution >= 0.6 is 28.0 Å². The molecule has 0 spiro atoms. The van der Waals surface area contributed by atoms with E-state index in [0.29, 0.717) is 22.5 Å². The third-order valence-electron chi connectivity index (χ3n) is 2.19. The van der Waals surface area contributed by atoms with Crippen molar-refractivity contribution in [2.24, 2.45) is 0 Å². The standard InChI is InChI=1S/C10H10BrNO5S2/c1-7-4-9(18-17-16-13)5-8(6-12)10(7)19(14,15)3-2-11/h4-5,13H,2-3H2,1H3. The van der Waals surface area contributed by atoms with Gasteiger partial charge in [-0.15, -0.1) is 4.33 Å². The predicted molar refractivity (Wildman–Crippen MR) is 72.4 cm³/mol. The minimum absolute atomic E-state index is 0.0173. The van der Waals surface area contributed by atoms with Gasteiger partial charge >= 0.3 is 0 Å². The van der Waals surface area contributed by atoms with Gasteiger partial charge in [-0.3, -0.25) is 0 Å². The number of aryl methyl sites for hydroxylation is 1. The van der Waals surface area contributed by atoms with Gasteiger partial charge in [0.15, 0.2) is 9.84 Å². The van der Waals surface area contributed by atoms with E-state index < -0.39 is 9.84 Å². The Hall–Kier alpha value is -0.630. The smallest absolute Gasteiger partial charge is 0.180 e. The number of nitriles is 1. The second-order valence-corrected chi connectivity index (χ2v) is 7.08. The zero-order valence-corrected chi connectivity index (χ0v) is 13.0. The molecule has 0 atom stereocenters. The maximum Gasteiger partial charge on any atom is 0.180 e. The summed E-state index contributed by atoms with van der Waals surface area (Å²) in [5, 5.41) is 20.9. The zero-order valence-electron chi connectivity index (χ0n) is 9.79. The Morgan fingerprint density at radius 2 is 2.21 bits per heavy atom. The summed E-state index contributed by atoms with van der Waals surface area (Å²) in [6.07, 6.45) is 0. The largest absolute Gasteiger partial charge is 0.224 e. The van der Waals surface area contributed by atoms with Crippen LogP contribution in [0.15, 0.2) is 21.9 Å². The van der Waals surface area contributed by atoms with Crippen LogP contribution in [0.5, 0.6) is 0 Å². The predicted octanol–water partition coefficient (Wildman–Crippen LogP) is 2.46. The van der Waals surface area contributed by atoms with E-state index in [1.165, 1.54) is 12.1 Å². The van der Waals surface area contributed by atoms with Gasteiger partial charge in [0.05, 0.1) is 28.3 Å². The molecular formula is C10H10BrNO5S2. The van der Waals surface area contributed by atoms with Gasteiger partial charge < -0.3 is 0 Å². The maximum atomic E-state index is 12.1. The van der Waals surface area contributed by atoms with Crippen molar-refractivity contribution in [2.45, 2.75) is 16.7 Å². The highest BCUT2D eigenvalue weighted by atomic mass is 79.9. The van der Waals surface area contributed by atoms with Crippen LogP contribution in [0.25, 0.3) is 0 Å². The van der Waals surface area contributed by atoms with Crippen molar-refractivity contribution in [3.63, 3.8) is 0 Å². The van der Waals surface area contributed by atoms with Gasteiger partial charge in [0.1, 0.15) is 6.07 Å². The Bertz CT molecular complexity index is 597. The van der Waals surface area contributed by atoms with Crippen molar-refractivity contribution in [3.8, 4) is 6.07 Å². The normalized spacial score (nSPS) is 11.3. The third kappa shape index (κ3) is 4.17. The molecule has 0 bridgehead atoms. The van der Waals surface area contributed by atoms with Crippen LogP contribution < -0.4 is 0 Å². The summed E-state index contributed by atoms with van der Waals surface area (Å²) in [5.41, 5.74) is 0.467. The molecule has 1 aromatic rings. The van der Waals surface area contributed by atoms with Crippen molar-refractivity contribution in [3.05, 3.63) is 23.3 Å². The van der Waals surface area contributed by atoms with E-state index in [9.17, 15) is 8.42 Å². The Morgan fingerprint density at radius 3 is 2.74 bits per heavy atom. The molecule has 0 saturated heterocycles. The van der Waals surface area contributed by atoms with E-state index >= 15 is 0 Å². The Morgan fingerprint density at radius 1 is 1.53 bits per heavy atom. The molecule has 0 aliphatic rings.